The maximum absolute atomic E-state index is 12.7. The fourth-order valence-electron chi connectivity index (χ4n) is 1.06. The van der Waals surface area contributed by atoms with E-state index in [9.17, 15) is 17.6 Å². The molecule has 8 heteroatoms. The van der Waals surface area contributed by atoms with Crippen LogP contribution >= 0.6 is 0 Å². The zero-order chi connectivity index (χ0) is 12.8. The molecule has 0 saturated carbocycles. The monoisotopic (exact) mass is 247 g/mol. The summed E-state index contributed by atoms with van der Waals surface area (Å²) in [4.78, 5) is 8.90. The first-order valence-corrected chi connectivity index (χ1v) is 4.46. The highest BCUT2D eigenvalue weighted by molar-refractivity contribution is 5.73. The minimum absolute atomic E-state index is 0.175. The maximum atomic E-state index is 12.7. The van der Waals surface area contributed by atoms with Crippen molar-refractivity contribution in [2.75, 3.05) is 20.2 Å². The van der Waals surface area contributed by atoms with Crippen molar-refractivity contribution in [1.82, 2.24) is 5.32 Å². The quantitative estimate of drug-likeness (QED) is 0.678. The van der Waals surface area contributed by atoms with Crippen molar-refractivity contribution >= 4 is 5.97 Å². The lowest BCUT2D eigenvalue weighted by molar-refractivity contribution is -0.192. The number of hydrogen-bond donors (Lipinski definition) is 2. The Morgan fingerprint density at radius 1 is 1.50 bits per heavy atom. The molecule has 0 radical (unpaired) electrons. The highest BCUT2D eigenvalue weighted by atomic mass is 19.4. The summed E-state index contributed by atoms with van der Waals surface area (Å²) in [7, 11) is 1.56. The van der Waals surface area contributed by atoms with Gasteiger partial charge in [-0.3, -0.25) is 0 Å². The van der Waals surface area contributed by atoms with Crippen molar-refractivity contribution in [2.45, 2.75) is 24.9 Å². The van der Waals surface area contributed by atoms with Crippen LogP contribution in [0.15, 0.2) is 0 Å². The second kappa shape index (κ2) is 6.64. The second-order valence-electron chi connectivity index (χ2n) is 3.09. The van der Waals surface area contributed by atoms with Crippen LogP contribution in [-0.4, -0.2) is 49.7 Å². The van der Waals surface area contributed by atoms with Crippen LogP contribution < -0.4 is 5.32 Å². The molecule has 0 unspecified atom stereocenters. The number of carboxylic acids is 1. The Labute approximate surface area is 89.6 Å². The molecular formula is C8H13F4NO3. The van der Waals surface area contributed by atoms with E-state index in [1.54, 1.807) is 7.11 Å². The van der Waals surface area contributed by atoms with Crippen LogP contribution in [0.3, 0.4) is 0 Å². The number of nitrogens with one attached hydrogen (secondary N) is 1. The van der Waals surface area contributed by atoms with E-state index in [4.69, 9.17) is 14.6 Å². The lowest BCUT2D eigenvalue weighted by Crippen LogP contribution is -2.42. The minimum atomic E-state index is -5.08. The van der Waals surface area contributed by atoms with Crippen molar-refractivity contribution < 1.29 is 32.2 Å². The lowest BCUT2D eigenvalue weighted by atomic mass is 10.1. The molecule has 2 N–H and O–H groups in total. The molecule has 4 nitrogen and oxygen atoms in total. The molecule has 1 fully saturated rings. The third-order valence-corrected chi connectivity index (χ3v) is 1.89. The van der Waals surface area contributed by atoms with Gasteiger partial charge < -0.3 is 15.2 Å². The average Bonchev–Trinajstić information content (AvgIpc) is 2.18. The minimum Gasteiger partial charge on any atom is -0.475 e. The van der Waals surface area contributed by atoms with Crippen molar-refractivity contribution in [2.24, 2.45) is 0 Å². The van der Waals surface area contributed by atoms with E-state index in [2.05, 4.69) is 5.32 Å². The number of methoxy groups -OCH3 is 1. The van der Waals surface area contributed by atoms with Gasteiger partial charge >= 0.3 is 12.1 Å². The number of carbonyl (C=O) groups is 1. The number of aliphatic carboxylic acids is 1. The standard InChI is InChI=1S/C6H12FNO.C2HF3O2/c1-9-6-2-3-8-4-5(6)7;3-2(4,5)1(6)7/h5-6,8H,2-4H2,1H3;(H,6,7)/t5-,6+;/m0./s1. The first kappa shape index (κ1) is 15.1. The normalized spacial score (nSPS) is 25.6. The summed E-state index contributed by atoms with van der Waals surface area (Å²) >= 11 is 0. The molecule has 16 heavy (non-hydrogen) atoms. The predicted molar refractivity (Wildman–Crippen MR) is 46.9 cm³/mol. The summed E-state index contributed by atoms with van der Waals surface area (Å²) in [6, 6.07) is 0. The van der Waals surface area contributed by atoms with Crippen molar-refractivity contribution in [3.05, 3.63) is 0 Å². The van der Waals surface area contributed by atoms with E-state index in [1.165, 1.54) is 0 Å². The van der Waals surface area contributed by atoms with E-state index in [-0.39, 0.29) is 6.10 Å². The van der Waals surface area contributed by atoms with Gasteiger partial charge in [0.2, 0.25) is 0 Å². The summed E-state index contributed by atoms with van der Waals surface area (Å²) in [5, 5.41) is 10.1. The topological polar surface area (TPSA) is 58.6 Å². The number of carboxylic acid groups (broad SMARTS) is 1. The number of halogens is 4. The highest BCUT2D eigenvalue weighted by Gasteiger charge is 2.38. The molecule has 0 aromatic carbocycles. The van der Waals surface area contributed by atoms with Gasteiger partial charge in [0.05, 0.1) is 6.10 Å². The summed E-state index contributed by atoms with van der Waals surface area (Å²) in [6.07, 6.45) is -5.28. The molecule has 0 aromatic heterocycles. The van der Waals surface area contributed by atoms with Crippen LogP contribution in [0, 0.1) is 0 Å². The summed E-state index contributed by atoms with van der Waals surface area (Å²) in [5.41, 5.74) is 0. The molecular weight excluding hydrogens is 234 g/mol. The molecule has 96 valence electrons. The molecule has 0 aromatic rings. The van der Waals surface area contributed by atoms with Crippen molar-refractivity contribution in [3.63, 3.8) is 0 Å². The first-order chi connectivity index (χ1) is 7.29. The van der Waals surface area contributed by atoms with E-state index >= 15 is 0 Å². The predicted octanol–water partition coefficient (Wildman–Crippen LogP) is 0.966. The van der Waals surface area contributed by atoms with Crippen LogP contribution in [0.25, 0.3) is 0 Å². The summed E-state index contributed by atoms with van der Waals surface area (Å²) in [6.45, 7) is 1.32. The molecule has 1 aliphatic rings. The number of ether oxygens (including phenoxy) is 1. The fraction of sp³-hybridized carbons (Fsp3) is 0.875. The summed E-state index contributed by atoms with van der Waals surface area (Å²) < 4.78 is 49.3. The Morgan fingerprint density at radius 3 is 2.25 bits per heavy atom. The van der Waals surface area contributed by atoms with Crippen LogP contribution in [0.5, 0.6) is 0 Å². The third-order valence-electron chi connectivity index (χ3n) is 1.89. The van der Waals surface area contributed by atoms with Gasteiger partial charge in [0.25, 0.3) is 0 Å². The molecule has 1 heterocycles. The Bertz CT molecular complexity index is 222. The zero-order valence-electron chi connectivity index (χ0n) is 8.55. The fourth-order valence-corrected chi connectivity index (χ4v) is 1.06. The molecule has 0 bridgehead atoms. The van der Waals surface area contributed by atoms with Gasteiger partial charge in [-0.1, -0.05) is 0 Å². The molecule has 1 aliphatic heterocycles. The van der Waals surface area contributed by atoms with Crippen molar-refractivity contribution in [3.8, 4) is 0 Å². The zero-order valence-corrected chi connectivity index (χ0v) is 8.55. The van der Waals surface area contributed by atoms with E-state index in [0.29, 0.717) is 6.54 Å². The number of piperidine rings is 1. The van der Waals surface area contributed by atoms with Crippen LogP contribution in [0.1, 0.15) is 6.42 Å². The van der Waals surface area contributed by atoms with Gasteiger partial charge in [-0.15, -0.1) is 0 Å². The van der Waals surface area contributed by atoms with Crippen LogP contribution in [-0.2, 0) is 9.53 Å². The summed E-state index contributed by atoms with van der Waals surface area (Å²) in [5.74, 6) is -2.76. The lowest BCUT2D eigenvalue weighted by Gasteiger charge is -2.24. The smallest absolute Gasteiger partial charge is 0.475 e. The van der Waals surface area contributed by atoms with Gasteiger partial charge in [-0.2, -0.15) is 13.2 Å². The van der Waals surface area contributed by atoms with Crippen molar-refractivity contribution in [1.29, 1.82) is 0 Å². The second-order valence-corrected chi connectivity index (χ2v) is 3.09. The third kappa shape index (κ3) is 5.86. The molecule has 2 atom stereocenters. The van der Waals surface area contributed by atoms with Gasteiger partial charge in [0.1, 0.15) is 6.17 Å². The van der Waals surface area contributed by atoms with Gasteiger partial charge in [-0.05, 0) is 13.0 Å². The number of hydrogen-bond acceptors (Lipinski definition) is 3. The van der Waals surface area contributed by atoms with Gasteiger partial charge in [-0.25, -0.2) is 9.18 Å². The van der Waals surface area contributed by atoms with E-state index < -0.39 is 18.3 Å². The van der Waals surface area contributed by atoms with Gasteiger partial charge in [0.15, 0.2) is 0 Å². The number of rotatable bonds is 1. The van der Waals surface area contributed by atoms with Crippen LogP contribution in [0.2, 0.25) is 0 Å². The van der Waals surface area contributed by atoms with E-state index in [0.717, 1.165) is 13.0 Å². The molecule has 0 spiro atoms. The molecule has 0 amide bonds. The Hall–Kier alpha value is -0.890. The molecule has 1 rings (SSSR count). The Morgan fingerprint density at radius 2 is 2.00 bits per heavy atom. The SMILES string of the molecule is CO[C@@H]1CCNC[C@@H]1F.O=C(O)C(F)(F)F. The Kier molecular flexibility index (Phi) is 6.27. The number of alkyl halides is 4. The molecule has 1 saturated heterocycles. The van der Waals surface area contributed by atoms with E-state index in [1.807, 2.05) is 0 Å². The highest BCUT2D eigenvalue weighted by Crippen LogP contribution is 2.13. The Balaban J connectivity index is 0.000000293. The maximum Gasteiger partial charge on any atom is 0.490 e. The first-order valence-electron chi connectivity index (χ1n) is 4.46. The molecule has 0 aliphatic carbocycles. The average molecular weight is 247 g/mol. The van der Waals surface area contributed by atoms with Crippen LogP contribution in [0.4, 0.5) is 17.6 Å². The van der Waals surface area contributed by atoms with Gasteiger partial charge in [0, 0.05) is 13.7 Å². The largest absolute Gasteiger partial charge is 0.490 e.